The predicted molar refractivity (Wildman–Crippen MR) is 84.3 cm³/mol. The number of methoxy groups -OCH3 is 1. The third-order valence-electron chi connectivity index (χ3n) is 3.28. The van der Waals surface area contributed by atoms with Crippen molar-refractivity contribution in [1.29, 1.82) is 5.26 Å². The fraction of sp³-hybridized carbons (Fsp3) is 0.125. The summed E-state index contributed by atoms with van der Waals surface area (Å²) in [4.78, 5) is 4.62. The number of nitriles is 1. The number of hydrogen-bond acceptors (Lipinski definition) is 3. The highest BCUT2D eigenvalue weighted by Gasteiger charge is 2.18. The summed E-state index contributed by atoms with van der Waals surface area (Å²) in [5.74, 6) is 0.699. The molecule has 0 saturated carbocycles. The van der Waals surface area contributed by atoms with Crippen LogP contribution in [0.25, 0.3) is 16.9 Å². The number of halogens is 1. The fourth-order valence-electron chi connectivity index (χ4n) is 2.37. The Morgan fingerprint density at radius 3 is 2.81 bits per heavy atom. The normalized spacial score (nSPS) is 10.6. The molecule has 0 saturated heterocycles. The molecule has 0 aliphatic heterocycles. The SMILES string of the molecule is COc1ccccc1-c1nc2c(Br)cc(C)cn2c1C#N. The summed E-state index contributed by atoms with van der Waals surface area (Å²) in [6.07, 6.45) is 1.91. The van der Waals surface area contributed by atoms with E-state index in [4.69, 9.17) is 4.74 Å². The molecule has 0 bridgehead atoms. The van der Waals surface area contributed by atoms with Crippen LogP contribution in [0.4, 0.5) is 0 Å². The van der Waals surface area contributed by atoms with Crippen LogP contribution in [0.15, 0.2) is 41.0 Å². The van der Waals surface area contributed by atoms with Crippen LogP contribution < -0.4 is 4.74 Å². The van der Waals surface area contributed by atoms with Crippen molar-refractivity contribution in [2.75, 3.05) is 7.11 Å². The van der Waals surface area contributed by atoms with Gasteiger partial charge in [0.15, 0.2) is 11.3 Å². The quantitative estimate of drug-likeness (QED) is 0.708. The number of para-hydroxylation sites is 1. The molecule has 0 unspecified atom stereocenters. The standard InChI is InChI=1S/C16H12BrN3O/c1-10-7-12(17)16-19-15(13(8-18)20(16)9-10)11-5-3-4-6-14(11)21-2/h3-7,9H,1-2H3. The summed E-state index contributed by atoms with van der Waals surface area (Å²) in [5.41, 5.74) is 3.71. The minimum absolute atomic E-state index is 0.499. The zero-order valence-corrected chi connectivity index (χ0v) is 13.2. The van der Waals surface area contributed by atoms with E-state index in [9.17, 15) is 5.26 Å². The number of benzene rings is 1. The van der Waals surface area contributed by atoms with Gasteiger partial charge < -0.3 is 4.74 Å². The van der Waals surface area contributed by atoms with Crippen LogP contribution in [0.3, 0.4) is 0 Å². The van der Waals surface area contributed by atoms with Gasteiger partial charge in [-0.15, -0.1) is 0 Å². The second-order valence-electron chi connectivity index (χ2n) is 4.68. The molecule has 3 aromatic rings. The Bertz CT molecular complexity index is 877. The number of fused-ring (bicyclic) bond motifs is 1. The predicted octanol–water partition coefficient (Wildman–Crippen LogP) is 3.95. The van der Waals surface area contributed by atoms with Crippen molar-refractivity contribution < 1.29 is 4.74 Å². The molecule has 0 amide bonds. The lowest BCUT2D eigenvalue weighted by atomic mass is 10.1. The minimum Gasteiger partial charge on any atom is -0.496 e. The number of imidazole rings is 1. The highest BCUT2D eigenvalue weighted by atomic mass is 79.9. The Morgan fingerprint density at radius 1 is 1.33 bits per heavy atom. The monoisotopic (exact) mass is 341 g/mol. The first kappa shape index (κ1) is 13.7. The number of rotatable bonds is 2. The lowest BCUT2D eigenvalue weighted by Crippen LogP contribution is -1.92. The zero-order chi connectivity index (χ0) is 15.0. The van der Waals surface area contributed by atoms with Gasteiger partial charge in [-0.25, -0.2) is 4.98 Å². The van der Waals surface area contributed by atoms with Crippen LogP contribution in [0.5, 0.6) is 5.75 Å². The molecule has 0 N–H and O–H groups in total. The van der Waals surface area contributed by atoms with Gasteiger partial charge in [0.25, 0.3) is 0 Å². The van der Waals surface area contributed by atoms with Crippen LogP contribution in [0, 0.1) is 18.3 Å². The molecule has 0 spiro atoms. The van der Waals surface area contributed by atoms with E-state index in [-0.39, 0.29) is 0 Å². The van der Waals surface area contributed by atoms with E-state index in [1.54, 1.807) is 11.5 Å². The minimum atomic E-state index is 0.499. The maximum Gasteiger partial charge on any atom is 0.152 e. The number of pyridine rings is 1. The van der Waals surface area contributed by atoms with Crippen LogP contribution in [-0.2, 0) is 0 Å². The Morgan fingerprint density at radius 2 is 2.10 bits per heavy atom. The van der Waals surface area contributed by atoms with Gasteiger partial charge in [0.1, 0.15) is 17.5 Å². The Balaban J connectivity index is 2.39. The summed E-state index contributed by atoms with van der Waals surface area (Å²) in [6.45, 7) is 1.98. The van der Waals surface area contributed by atoms with E-state index in [1.165, 1.54) is 0 Å². The maximum absolute atomic E-state index is 9.55. The van der Waals surface area contributed by atoms with Crippen LogP contribution in [0.1, 0.15) is 11.3 Å². The summed E-state index contributed by atoms with van der Waals surface area (Å²) in [7, 11) is 1.61. The van der Waals surface area contributed by atoms with Crippen molar-refractivity contribution in [2.45, 2.75) is 6.92 Å². The average Bonchev–Trinajstić information content (AvgIpc) is 2.85. The number of hydrogen-bond donors (Lipinski definition) is 0. The van der Waals surface area contributed by atoms with Gasteiger partial charge in [0.05, 0.1) is 11.6 Å². The first-order valence-electron chi connectivity index (χ1n) is 6.37. The average molecular weight is 342 g/mol. The summed E-state index contributed by atoms with van der Waals surface area (Å²) < 4.78 is 8.05. The van der Waals surface area contributed by atoms with Crippen molar-refractivity contribution in [3.63, 3.8) is 0 Å². The van der Waals surface area contributed by atoms with Crippen molar-refractivity contribution in [2.24, 2.45) is 0 Å². The van der Waals surface area contributed by atoms with Gasteiger partial charge in [-0.05, 0) is 46.6 Å². The number of ether oxygens (including phenoxy) is 1. The van der Waals surface area contributed by atoms with Crippen LogP contribution >= 0.6 is 15.9 Å². The molecule has 4 nitrogen and oxygen atoms in total. The second-order valence-corrected chi connectivity index (χ2v) is 5.53. The topological polar surface area (TPSA) is 50.3 Å². The largest absolute Gasteiger partial charge is 0.496 e. The maximum atomic E-state index is 9.55. The zero-order valence-electron chi connectivity index (χ0n) is 11.6. The molecule has 21 heavy (non-hydrogen) atoms. The third-order valence-corrected chi connectivity index (χ3v) is 3.86. The Kier molecular flexibility index (Phi) is 3.40. The highest BCUT2D eigenvalue weighted by molar-refractivity contribution is 9.10. The lowest BCUT2D eigenvalue weighted by Gasteiger charge is -2.05. The molecule has 0 radical (unpaired) electrons. The smallest absolute Gasteiger partial charge is 0.152 e. The summed E-state index contributed by atoms with van der Waals surface area (Å²) in [5, 5.41) is 9.55. The van der Waals surface area contributed by atoms with Gasteiger partial charge in [-0.2, -0.15) is 5.26 Å². The van der Waals surface area contributed by atoms with E-state index in [0.29, 0.717) is 17.1 Å². The molecule has 2 heterocycles. The molecular formula is C16H12BrN3O. The molecule has 0 fully saturated rings. The first-order valence-corrected chi connectivity index (χ1v) is 7.16. The molecule has 0 aliphatic rings. The van der Waals surface area contributed by atoms with Crippen molar-refractivity contribution >= 4 is 21.6 Å². The van der Waals surface area contributed by atoms with E-state index in [1.807, 2.05) is 43.5 Å². The Labute approximate surface area is 130 Å². The van der Waals surface area contributed by atoms with Gasteiger partial charge in [0.2, 0.25) is 0 Å². The van der Waals surface area contributed by atoms with Gasteiger partial charge in [-0.3, -0.25) is 4.40 Å². The molecule has 2 aromatic heterocycles. The molecule has 3 rings (SSSR count). The fourth-order valence-corrected chi connectivity index (χ4v) is 3.01. The molecule has 1 aromatic carbocycles. The van der Waals surface area contributed by atoms with Gasteiger partial charge in [0, 0.05) is 11.8 Å². The van der Waals surface area contributed by atoms with E-state index >= 15 is 0 Å². The second kappa shape index (κ2) is 5.23. The van der Waals surface area contributed by atoms with E-state index in [2.05, 4.69) is 27.0 Å². The molecule has 5 heteroatoms. The van der Waals surface area contributed by atoms with Crippen molar-refractivity contribution in [3.05, 3.63) is 52.3 Å². The number of aryl methyl sites for hydroxylation is 1. The molecule has 104 valence electrons. The summed E-state index contributed by atoms with van der Waals surface area (Å²) in [6, 6.07) is 11.8. The molecule has 0 aliphatic carbocycles. The van der Waals surface area contributed by atoms with Crippen LogP contribution in [0.2, 0.25) is 0 Å². The van der Waals surface area contributed by atoms with E-state index in [0.717, 1.165) is 21.2 Å². The first-order chi connectivity index (χ1) is 10.2. The van der Waals surface area contributed by atoms with E-state index < -0.39 is 0 Å². The lowest BCUT2D eigenvalue weighted by molar-refractivity contribution is 0.416. The van der Waals surface area contributed by atoms with Gasteiger partial charge in [-0.1, -0.05) is 12.1 Å². The number of aromatic nitrogens is 2. The third kappa shape index (κ3) is 2.18. The highest BCUT2D eigenvalue weighted by Crippen LogP contribution is 2.33. The number of nitrogens with zero attached hydrogens (tertiary/aromatic N) is 3. The van der Waals surface area contributed by atoms with Crippen LogP contribution in [-0.4, -0.2) is 16.5 Å². The molecular weight excluding hydrogens is 330 g/mol. The van der Waals surface area contributed by atoms with Crippen molar-refractivity contribution in [3.8, 4) is 23.1 Å². The molecule has 0 atom stereocenters. The Hall–Kier alpha value is -2.32. The summed E-state index contributed by atoms with van der Waals surface area (Å²) >= 11 is 3.51. The van der Waals surface area contributed by atoms with Crippen molar-refractivity contribution in [1.82, 2.24) is 9.38 Å². The van der Waals surface area contributed by atoms with Gasteiger partial charge >= 0.3 is 0 Å².